The molecule has 2 aromatic rings. The lowest BCUT2D eigenvalue weighted by atomic mass is 10.0. The van der Waals surface area contributed by atoms with E-state index in [1.54, 1.807) is 6.07 Å². The van der Waals surface area contributed by atoms with Crippen LogP contribution >= 0.6 is 0 Å². The smallest absolute Gasteiger partial charge is 0.130 e. The largest absolute Gasteiger partial charge is 0.491 e. The van der Waals surface area contributed by atoms with Crippen LogP contribution in [0.3, 0.4) is 0 Å². The first-order valence-electron chi connectivity index (χ1n) is 9.82. The molecule has 0 amide bonds. The Morgan fingerprint density at radius 3 is 1.52 bits per heavy atom. The lowest BCUT2D eigenvalue weighted by Gasteiger charge is -2.12. The molecule has 27 heavy (non-hydrogen) atoms. The van der Waals surface area contributed by atoms with E-state index < -0.39 is 0 Å². The number of hydrogen-bond acceptors (Lipinski definition) is 2. The van der Waals surface area contributed by atoms with Crippen LogP contribution in [0.25, 0.3) is 0 Å². The summed E-state index contributed by atoms with van der Waals surface area (Å²) in [6.45, 7) is 16.3. The van der Waals surface area contributed by atoms with Crippen molar-refractivity contribution in [1.82, 2.24) is 0 Å². The molecule has 0 saturated carbocycles. The number of hydrogen-bond donors (Lipinski definition) is 0. The molecule has 150 valence electrons. The molecule has 2 rings (SSSR count). The van der Waals surface area contributed by atoms with Gasteiger partial charge in [0.2, 0.25) is 0 Å². The highest BCUT2D eigenvalue weighted by molar-refractivity contribution is 5.31. The summed E-state index contributed by atoms with van der Waals surface area (Å²) in [4.78, 5) is 0. The maximum Gasteiger partial charge on any atom is 0.130 e. The van der Waals surface area contributed by atoms with Crippen LogP contribution in [0.5, 0.6) is 11.5 Å². The molecule has 0 radical (unpaired) electrons. The second-order valence-corrected chi connectivity index (χ2v) is 7.89. The van der Waals surface area contributed by atoms with Crippen molar-refractivity contribution in [2.24, 2.45) is 0 Å². The zero-order valence-corrected chi connectivity index (χ0v) is 18.0. The molecule has 0 saturated heterocycles. The zero-order valence-electron chi connectivity index (χ0n) is 18.0. The number of rotatable bonds is 6. The van der Waals surface area contributed by atoms with Crippen LogP contribution in [0.15, 0.2) is 42.5 Å². The molecule has 0 atom stereocenters. The summed E-state index contributed by atoms with van der Waals surface area (Å²) < 4.78 is 24.4. The monoisotopic (exact) mass is 374 g/mol. The molecule has 0 bridgehead atoms. The molecule has 0 aliphatic heterocycles. The molecule has 3 heteroatoms. The molecular formula is C24H35FO2. The molecule has 2 aromatic carbocycles. The van der Waals surface area contributed by atoms with E-state index in [0.717, 1.165) is 11.3 Å². The van der Waals surface area contributed by atoms with E-state index in [-0.39, 0.29) is 23.9 Å². The zero-order chi connectivity index (χ0) is 20.6. The van der Waals surface area contributed by atoms with Crippen molar-refractivity contribution in [3.05, 3.63) is 59.4 Å². The summed E-state index contributed by atoms with van der Waals surface area (Å²) in [6, 6.07) is 13.4. The Kier molecular flexibility index (Phi) is 9.34. The van der Waals surface area contributed by atoms with Crippen LogP contribution in [0.1, 0.15) is 78.4 Å². The lowest BCUT2D eigenvalue weighted by molar-refractivity contribution is 0.241. The van der Waals surface area contributed by atoms with Gasteiger partial charge in [0.1, 0.15) is 17.3 Å². The maximum atomic E-state index is 13.5. The van der Waals surface area contributed by atoms with Gasteiger partial charge in [0.15, 0.2) is 0 Å². The third kappa shape index (κ3) is 8.47. The Hall–Kier alpha value is -2.03. The number of halogens is 1. The highest BCUT2D eigenvalue weighted by Crippen LogP contribution is 2.23. The van der Waals surface area contributed by atoms with E-state index in [1.165, 1.54) is 11.6 Å². The van der Waals surface area contributed by atoms with Gasteiger partial charge in [-0.1, -0.05) is 45.9 Å². The van der Waals surface area contributed by atoms with Crippen LogP contribution in [0.2, 0.25) is 0 Å². The predicted molar refractivity (Wildman–Crippen MR) is 113 cm³/mol. The van der Waals surface area contributed by atoms with Gasteiger partial charge in [0.25, 0.3) is 0 Å². The number of benzene rings is 2. The van der Waals surface area contributed by atoms with Crippen molar-refractivity contribution in [1.29, 1.82) is 0 Å². The molecule has 0 fully saturated rings. The fourth-order valence-electron chi connectivity index (χ4n) is 2.53. The van der Waals surface area contributed by atoms with Crippen molar-refractivity contribution in [2.45, 2.75) is 79.4 Å². The highest BCUT2D eigenvalue weighted by Gasteiger charge is 2.08. The summed E-state index contributed by atoms with van der Waals surface area (Å²) in [5.74, 6) is 2.18. The van der Waals surface area contributed by atoms with Crippen molar-refractivity contribution < 1.29 is 13.9 Å². The van der Waals surface area contributed by atoms with Gasteiger partial charge in [-0.3, -0.25) is 0 Å². The first kappa shape index (κ1) is 23.0. The van der Waals surface area contributed by atoms with Gasteiger partial charge in [-0.05, 0) is 68.9 Å². The topological polar surface area (TPSA) is 18.5 Å². The first-order chi connectivity index (χ1) is 12.6. The van der Waals surface area contributed by atoms with E-state index in [9.17, 15) is 4.39 Å². The molecule has 2 nitrogen and oxygen atoms in total. The molecular weight excluding hydrogens is 339 g/mol. The summed E-state index contributed by atoms with van der Waals surface area (Å²) in [6.07, 6.45) is 0.337. The minimum absolute atomic E-state index is 0.0827. The van der Waals surface area contributed by atoms with Gasteiger partial charge < -0.3 is 9.47 Å². The summed E-state index contributed by atoms with van der Waals surface area (Å²) in [5, 5.41) is 0. The Balaban J connectivity index is 0.000000271. The van der Waals surface area contributed by atoms with Gasteiger partial charge >= 0.3 is 0 Å². The SMILES string of the molecule is CC(C)Oc1ccc(C(C)C)c(F)c1.CC(C)Oc1ccc(C(C)C)cc1. The molecule has 0 unspecified atom stereocenters. The van der Waals surface area contributed by atoms with Crippen molar-refractivity contribution in [3.63, 3.8) is 0 Å². The van der Waals surface area contributed by atoms with Gasteiger partial charge in [0.05, 0.1) is 12.2 Å². The lowest BCUT2D eigenvalue weighted by Crippen LogP contribution is -2.06. The minimum atomic E-state index is -0.182. The fourth-order valence-corrected chi connectivity index (χ4v) is 2.53. The van der Waals surface area contributed by atoms with Crippen molar-refractivity contribution >= 4 is 0 Å². The molecule has 0 spiro atoms. The van der Waals surface area contributed by atoms with Crippen molar-refractivity contribution in [2.75, 3.05) is 0 Å². The van der Waals surface area contributed by atoms with E-state index in [2.05, 4.69) is 26.0 Å². The molecule has 0 N–H and O–H groups in total. The van der Waals surface area contributed by atoms with Crippen LogP contribution in [0.4, 0.5) is 4.39 Å². The van der Waals surface area contributed by atoms with Crippen LogP contribution in [0, 0.1) is 5.82 Å². The number of ether oxygens (including phenoxy) is 2. The van der Waals surface area contributed by atoms with E-state index in [1.807, 2.05) is 59.7 Å². The van der Waals surface area contributed by atoms with E-state index in [4.69, 9.17) is 9.47 Å². The second-order valence-electron chi connectivity index (χ2n) is 7.89. The third-order valence-corrected chi connectivity index (χ3v) is 3.88. The molecule has 0 aliphatic rings. The Bertz CT molecular complexity index is 673. The first-order valence-corrected chi connectivity index (χ1v) is 9.82. The van der Waals surface area contributed by atoms with Crippen LogP contribution in [-0.4, -0.2) is 12.2 Å². The highest BCUT2D eigenvalue weighted by atomic mass is 19.1. The molecule has 0 heterocycles. The van der Waals surface area contributed by atoms with Gasteiger partial charge in [-0.15, -0.1) is 0 Å². The van der Waals surface area contributed by atoms with E-state index >= 15 is 0 Å². The second kappa shape index (κ2) is 11.0. The fraction of sp³-hybridized carbons (Fsp3) is 0.500. The summed E-state index contributed by atoms with van der Waals surface area (Å²) >= 11 is 0. The van der Waals surface area contributed by atoms with Crippen LogP contribution in [-0.2, 0) is 0 Å². The Labute approximate surface area is 164 Å². The van der Waals surface area contributed by atoms with Crippen molar-refractivity contribution in [3.8, 4) is 11.5 Å². The average Bonchev–Trinajstić information content (AvgIpc) is 2.54. The minimum Gasteiger partial charge on any atom is -0.491 e. The van der Waals surface area contributed by atoms with Crippen LogP contribution < -0.4 is 9.47 Å². The Morgan fingerprint density at radius 2 is 1.11 bits per heavy atom. The molecule has 0 aromatic heterocycles. The standard InChI is InChI=1S/C12H17FO.C12H18O/c1-8(2)11-6-5-10(7-12(11)13)14-9(3)4;1-9(2)11-5-7-12(8-6-11)13-10(3)4/h5-9H,1-4H3;5-10H,1-4H3. The molecule has 0 aliphatic carbocycles. The Morgan fingerprint density at radius 1 is 0.630 bits per heavy atom. The summed E-state index contributed by atoms with van der Waals surface area (Å²) in [7, 11) is 0. The van der Waals surface area contributed by atoms with E-state index in [0.29, 0.717) is 11.7 Å². The van der Waals surface area contributed by atoms with Gasteiger partial charge in [-0.2, -0.15) is 0 Å². The third-order valence-electron chi connectivity index (χ3n) is 3.88. The maximum absolute atomic E-state index is 13.5. The van der Waals surface area contributed by atoms with Gasteiger partial charge in [0, 0.05) is 6.07 Å². The summed E-state index contributed by atoms with van der Waals surface area (Å²) in [5.41, 5.74) is 2.09. The quantitative estimate of drug-likeness (QED) is 0.527. The van der Waals surface area contributed by atoms with Gasteiger partial charge in [-0.25, -0.2) is 4.39 Å². The average molecular weight is 375 g/mol. The predicted octanol–water partition coefficient (Wildman–Crippen LogP) is 7.33. The normalized spacial score (nSPS) is 11.0.